The first kappa shape index (κ1) is 29.8. The fourth-order valence-electron chi connectivity index (χ4n) is 6.32. The first-order valence-electron chi connectivity index (χ1n) is 14.4. The number of nitrogens with zero attached hydrogens (tertiary/aromatic N) is 2. The van der Waals surface area contributed by atoms with Gasteiger partial charge in [-0.25, -0.2) is 14.9 Å². The van der Waals surface area contributed by atoms with Crippen LogP contribution in [0, 0.1) is 5.41 Å². The Bertz CT molecular complexity index is 1120. The van der Waals surface area contributed by atoms with Crippen molar-refractivity contribution in [3.63, 3.8) is 0 Å². The first-order chi connectivity index (χ1) is 19.1. The number of nitrogens with one attached hydrogen (secondary N) is 1. The van der Waals surface area contributed by atoms with Gasteiger partial charge in [-0.2, -0.15) is 0 Å². The minimum Gasteiger partial charge on any atom is -0.482 e. The van der Waals surface area contributed by atoms with E-state index < -0.39 is 17.0 Å². The number of primary amides is 1. The van der Waals surface area contributed by atoms with Crippen molar-refractivity contribution < 1.29 is 38.7 Å². The van der Waals surface area contributed by atoms with Crippen LogP contribution in [0.5, 0.6) is 5.75 Å². The van der Waals surface area contributed by atoms with E-state index in [1.807, 2.05) is 25.7 Å². The van der Waals surface area contributed by atoms with Gasteiger partial charge in [0.1, 0.15) is 16.9 Å². The van der Waals surface area contributed by atoms with Crippen LogP contribution in [0.1, 0.15) is 70.2 Å². The molecule has 3 N–H and O–H groups in total. The summed E-state index contributed by atoms with van der Waals surface area (Å²) in [7, 11) is 0. The molecule has 0 saturated carbocycles. The number of hydrogen-bond donors (Lipinski definition) is 2. The molecule has 1 unspecified atom stereocenters. The lowest BCUT2D eigenvalue weighted by atomic mass is 9.74. The topological polar surface area (TPSA) is 131 Å². The zero-order chi connectivity index (χ0) is 28.9. The molecule has 1 aromatic rings. The quantitative estimate of drug-likeness (QED) is 0.365. The van der Waals surface area contributed by atoms with Gasteiger partial charge in [0.2, 0.25) is 0 Å². The highest BCUT2D eigenvalue weighted by molar-refractivity contribution is 5.99. The molecule has 3 fully saturated rings. The predicted octanol–water partition coefficient (Wildman–Crippen LogP) is 1.97. The van der Waals surface area contributed by atoms with E-state index in [1.165, 1.54) is 5.32 Å². The molecule has 40 heavy (non-hydrogen) atoms. The molecule has 3 saturated heterocycles. The number of piperidine rings is 2. The molecule has 0 radical (unpaired) electrons. The molecule has 4 rings (SSSR count). The molecule has 1 aromatic carbocycles. The van der Waals surface area contributed by atoms with Crippen molar-refractivity contribution in [2.45, 2.75) is 71.4 Å². The molecule has 1 atom stereocenters. The molecule has 11 heteroatoms. The molecule has 3 aliphatic rings. The van der Waals surface area contributed by atoms with Gasteiger partial charge in [-0.15, -0.1) is 0 Å². The summed E-state index contributed by atoms with van der Waals surface area (Å²) in [6.07, 6.45) is 4.17. The maximum absolute atomic E-state index is 13.7. The molecular weight excluding hydrogens is 516 g/mol. The van der Waals surface area contributed by atoms with E-state index in [0.717, 1.165) is 38.6 Å². The second-order valence-electron chi connectivity index (χ2n) is 11.6. The number of cyclic esters (lactones) is 1. The van der Waals surface area contributed by atoms with Crippen LogP contribution in [0.3, 0.4) is 0 Å². The van der Waals surface area contributed by atoms with E-state index in [2.05, 4.69) is 10.2 Å². The van der Waals surface area contributed by atoms with Crippen molar-refractivity contribution in [3.8, 4) is 5.75 Å². The Hall–Kier alpha value is -3.18. The maximum Gasteiger partial charge on any atom is 0.418 e. The zero-order valence-electron chi connectivity index (χ0n) is 24.1. The number of nitrogens with two attached hydrogens (primary N) is 1. The van der Waals surface area contributed by atoms with Gasteiger partial charge >= 0.3 is 18.0 Å². The Labute approximate surface area is 235 Å². The van der Waals surface area contributed by atoms with E-state index in [4.69, 9.17) is 14.2 Å². The Morgan fingerprint density at radius 3 is 2.55 bits per heavy atom. The molecule has 11 nitrogen and oxygen atoms in total. The van der Waals surface area contributed by atoms with Crippen LogP contribution < -0.4 is 15.4 Å². The highest BCUT2D eigenvalue weighted by atomic mass is 16.6. The van der Waals surface area contributed by atoms with E-state index in [-0.39, 0.29) is 31.1 Å². The van der Waals surface area contributed by atoms with Gasteiger partial charge in [0.25, 0.3) is 5.91 Å². The van der Waals surface area contributed by atoms with Crippen LogP contribution in [-0.4, -0.2) is 91.3 Å². The number of ether oxygens (including phenoxy) is 3. The number of benzene rings is 1. The molecule has 0 bridgehead atoms. The molecule has 220 valence electrons. The minimum atomic E-state index is -0.496. The summed E-state index contributed by atoms with van der Waals surface area (Å²) in [5, 5.41) is 4.14. The number of quaternary nitrogens is 1. The maximum atomic E-state index is 13.7. The smallest absolute Gasteiger partial charge is 0.418 e. The Morgan fingerprint density at radius 2 is 1.90 bits per heavy atom. The lowest BCUT2D eigenvalue weighted by molar-refractivity contribution is -0.464. The summed E-state index contributed by atoms with van der Waals surface area (Å²) < 4.78 is 16.2. The predicted molar refractivity (Wildman–Crippen MR) is 146 cm³/mol. The number of carbonyl (C=O) groups excluding carboxylic acids is 4. The second kappa shape index (κ2) is 12.6. The third-order valence-corrected chi connectivity index (χ3v) is 8.00. The summed E-state index contributed by atoms with van der Waals surface area (Å²) in [5.74, 6) is -0.406. The number of hydrogen-bond acceptors (Lipinski definition) is 8. The van der Waals surface area contributed by atoms with Crippen LogP contribution in [0.15, 0.2) is 18.2 Å². The lowest BCUT2D eigenvalue weighted by Crippen LogP contribution is -2.85. The van der Waals surface area contributed by atoms with Crippen LogP contribution in [0.4, 0.5) is 10.5 Å². The third kappa shape index (κ3) is 6.93. The summed E-state index contributed by atoms with van der Waals surface area (Å²) in [5.41, 5.74) is -0.0174. The highest BCUT2D eigenvalue weighted by Gasteiger charge is 2.54. The number of likely N-dealkylation sites (tertiary alicyclic amines) is 2. The Kier molecular flexibility index (Phi) is 9.35. The normalized spacial score (nSPS) is 23.1. The van der Waals surface area contributed by atoms with Crippen molar-refractivity contribution >= 4 is 29.6 Å². The fraction of sp³-hybridized carbons (Fsp3) is 0.655. The van der Waals surface area contributed by atoms with Crippen molar-refractivity contribution in [1.29, 1.82) is 0 Å². The van der Waals surface area contributed by atoms with Crippen LogP contribution in [0.2, 0.25) is 0 Å². The molecule has 1 spiro atoms. The van der Waals surface area contributed by atoms with Crippen molar-refractivity contribution in [3.05, 3.63) is 23.8 Å². The lowest BCUT2D eigenvalue weighted by Gasteiger charge is -2.44. The van der Waals surface area contributed by atoms with Crippen LogP contribution in [0.25, 0.3) is 0 Å². The largest absolute Gasteiger partial charge is 0.482 e. The van der Waals surface area contributed by atoms with Gasteiger partial charge in [0.15, 0.2) is 12.3 Å². The molecule has 3 amide bonds. The van der Waals surface area contributed by atoms with Gasteiger partial charge in [-0.05, 0) is 72.1 Å². The molecule has 3 aliphatic heterocycles. The minimum absolute atomic E-state index is 0.0734. The summed E-state index contributed by atoms with van der Waals surface area (Å²) >= 11 is 0. The van der Waals surface area contributed by atoms with Gasteiger partial charge < -0.3 is 24.4 Å². The SMILES string of the molecule is CCNC(=O)[NH2+]c1ccc(OCC(=O)OCC)cc1C(=O)N1CCC(N2CCCC3(C2)CC(C)(C)OC3=O)CC1. The van der Waals surface area contributed by atoms with Crippen LogP contribution >= 0.6 is 0 Å². The zero-order valence-corrected chi connectivity index (χ0v) is 24.1. The van der Waals surface area contributed by atoms with Crippen molar-refractivity contribution in [1.82, 2.24) is 15.1 Å². The first-order valence-corrected chi connectivity index (χ1v) is 14.4. The van der Waals surface area contributed by atoms with Gasteiger partial charge in [-0.1, -0.05) is 0 Å². The standard InChI is InChI=1S/C29H42N4O7/c1-5-30-27(37)31-23-9-8-21(39-17-24(34)38-6-2)16-22(23)25(35)32-14-10-20(11-15-32)33-13-7-12-29(19-33)18-28(3,4)40-26(29)36/h8-9,16,20H,5-7,10-15,17-19H2,1-4H3,(H2,30,31,37)/p+1. The fourth-order valence-corrected chi connectivity index (χ4v) is 6.32. The van der Waals surface area contributed by atoms with Crippen molar-refractivity contribution in [2.75, 3.05) is 45.9 Å². The van der Waals surface area contributed by atoms with Crippen molar-refractivity contribution in [2.24, 2.45) is 5.41 Å². The third-order valence-electron chi connectivity index (χ3n) is 8.00. The Balaban J connectivity index is 1.43. The van der Waals surface area contributed by atoms with Crippen LogP contribution in [-0.2, 0) is 19.1 Å². The number of esters is 2. The average molecular weight is 560 g/mol. The number of rotatable bonds is 8. The van der Waals surface area contributed by atoms with E-state index in [0.29, 0.717) is 49.2 Å². The highest BCUT2D eigenvalue weighted by Crippen LogP contribution is 2.46. The van der Waals surface area contributed by atoms with Gasteiger partial charge in [-0.3, -0.25) is 14.5 Å². The molecule has 0 aromatic heterocycles. The summed E-state index contributed by atoms with van der Waals surface area (Å²) in [6.45, 7) is 10.8. The molecular formula is C29H43N4O7+. The molecule has 3 heterocycles. The Morgan fingerprint density at radius 1 is 1.15 bits per heavy atom. The number of carbonyl (C=O) groups is 4. The molecule has 0 aliphatic carbocycles. The van der Waals surface area contributed by atoms with E-state index in [9.17, 15) is 19.2 Å². The van der Waals surface area contributed by atoms with Gasteiger partial charge in [0, 0.05) is 44.7 Å². The van der Waals surface area contributed by atoms with E-state index >= 15 is 0 Å². The number of amides is 3. The average Bonchev–Trinajstić information content (AvgIpc) is 3.14. The second-order valence-corrected chi connectivity index (χ2v) is 11.6. The number of urea groups is 1. The van der Waals surface area contributed by atoms with E-state index in [1.54, 1.807) is 25.1 Å². The monoisotopic (exact) mass is 559 g/mol. The summed E-state index contributed by atoms with van der Waals surface area (Å²) in [6, 6.07) is 4.88. The summed E-state index contributed by atoms with van der Waals surface area (Å²) in [4.78, 5) is 54.8. The van der Waals surface area contributed by atoms with Gasteiger partial charge in [0.05, 0.1) is 12.0 Å².